The molecule has 0 radical (unpaired) electrons. The van der Waals surface area contributed by atoms with Crippen molar-refractivity contribution in [2.24, 2.45) is 0 Å². The van der Waals surface area contributed by atoms with Crippen LogP contribution in [0.2, 0.25) is 0 Å². The van der Waals surface area contributed by atoms with Crippen LogP contribution in [0, 0.1) is 18.6 Å². The van der Waals surface area contributed by atoms with Crippen LogP contribution in [0.25, 0.3) is 5.69 Å². The first-order valence-electron chi connectivity index (χ1n) is 8.29. The molecule has 0 bridgehead atoms. The molecule has 0 saturated carbocycles. The van der Waals surface area contributed by atoms with Gasteiger partial charge in [0.25, 0.3) is 5.91 Å². The summed E-state index contributed by atoms with van der Waals surface area (Å²) in [6, 6.07) is 13.1. The topological polar surface area (TPSA) is 64.0 Å². The molecule has 2 aromatic carbocycles. The van der Waals surface area contributed by atoms with Gasteiger partial charge in [-0.25, -0.2) is 13.5 Å². The molecule has 7 heteroatoms. The number of nitrogens with zero attached hydrogens (tertiary/aromatic N) is 2. The molecular formula is C20H17F2N3O2. The summed E-state index contributed by atoms with van der Waals surface area (Å²) in [5.41, 5.74) is 0.861. The van der Waals surface area contributed by atoms with E-state index in [-0.39, 0.29) is 5.69 Å². The van der Waals surface area contributed by atoms with Gasteiger partial charge in [-0.1, -0.05) is 24.3 Å². The lowest BCUT2D eigenvalue weighted by Crippen LogP contribution is -2.33. The second kappa shape index (κ2) is 7.49. The SMILES string of the molecule is Cc1cc(=O)c(C(=O)NC(C)c2ccc(F)c(F)c2)nn1-c1ccccc1. The highest BCUT2D eigenvalue weighted by Gasteiger charge is 2.18. The van der Waals surface area contributed by atoms with E-state index < -0.39 is 29.0 Å². The summed E-state index contributed by atoms with van der Waals surface area (Å²) in [5, 5.41) is 6.77. The Morgan fingerprint density at radius 3 is 2.44 bits per heavy atom. The fourth-order valence-corrected chi connectivity index (χ4v) is 2.67. The lowest BCUT2D eigenvalue weighted by molar-refractivity contribution is 0.0931. The third kappa shape index (κ3) is 3.92. The van der Waals surface area contributed by atoms with E-state index in [2.05, 4.69) is 10.4 Å². The molecule has 0 fully saturated rings. The van der Waals surface area contributed by atoms with Gasteiger partial charge in [-0.05, 0) is 43.7 Å². The van der Waals surface area contributed by atoms with Gasteiger partial charge in [0, 0.05) is 11.8 Å². The number of amides is 1. The average Bonchev–Trinajstić information content (AvgIpc) is 2.64. The number of hydrogen-bond donors (Lipinski definition) is 1. The molecule has 1 heterocycles. The van der Waals surface area contributed by atoms with Crippen LogP contribution < -0.4 is 10.7 Å². The normalized spacial score (nSPS) is 11.9. The molecule has 0 aliphatic heterocycles. The Hall–Kier alpha value is -3.35. The monoisotopic (exact) mass is 369 g/mol. The van der Waals surface area contributed by atoms with Crippen molar-refractivity contribution in [2.75, 3.05) is 0 Å². The molecule has 3 rings (SSSR count). The predicted molar refractivity (Wildman–Crippen MR) is 96.8 cm³/mol. The summed E-state index contributed by atoms with van der Waals surface area (Å²) < 4.78 is 28.0. The minimum absolute atomic E-state index is 0.279. The van der Waals surface area contributed by atoms with Gasteiger partial charge in [-0.15, -0.1) is 0 Å². The maximum atomic E-state index is 13.4. The van der Waals surface area contributed by atoms with Gasteiger partial charge in [0.1, 0.15) is 0 Å². The van der Waals surface area contributed by atoms with Crippen molar-refractivity contribution >= 4 is 5.91 Å². The molecule has 1 aromatic heterocycles. The fourth-order valence-electron chi connectivity index (χ4n) is 2.67. The number of aromatic nitrogens is 2. The van der Waals surface area contributed by atoms with Crippen molar-refractivity contribution in [3.63, 3.8) is 0 Å². The Kier molecular flexibility index (Phi) is 5.12. The molecule has 0 saturated heterocycles. The Morgan fingerprint density at radius 2 is 1.78 bits per heavy atom. The summed E-state index contributed by atoms with van der Waals surface area (Å²) in [5.74, 6) is -2.67. The number of hydrogen-bond acceptors (Lipinski definition) is 3. The molecule has 1 N–H and O–H groups in total. The van der Waals surface area contributed by atoms with Crippen LogP contribution in [0.1, 0.15) is 34.7 Å². The highest BCUT2D eigenvalue weighted by atomic mass is 19.2. The van der Waals surface area contributed by atoms with E-state index in [9.17, 15) is 18.4 Å². The van der Waals surface area contributed by atoms with Crippen molar-refractivity contribution in [3.05, 3.63) is 93.4 Å². The summed E-state index contributed by atoms with van der Waals surface area (Å²) >= 11 is 0. The lowest BCUT2D eigenvalue weighted by atomic mass is 10.1. The molecule has 1 amide bonds. The maximum Gasteiger partial charge on any atom is 0.276 e. The molecule has 1 unspecified atom stereocenters. The lowest BCUT2D eigenvalue weighted by Gasteiger charge is -2.15. The first kappa shape index (κ1) is 18.4. The summed E-state index contributed by atoms with van der Waals surface area (Å²) in [7, 11) is 0. The maximum absolute atomic E-state index is 13.4. The van der Waals surface area contributed by atoms with Gasteiger partial charge >= 0.3 is 0 Å². The van der Waals surface area contributed by atoms with Crippen LogP contribution in [0.3, 0.4) is 0 Å². The number of aryl methyl sites for hydroxylation is 1. The third-order valence-electron chi connectivity index (χ3n) is 4.11. The Bertz CT molecular complexity index is 1050. The van der Waals surface area contributed by atoms with E-state index >= 15 is 0 Å². The summed E-state index contributed by atoms with van der Waals surface area (Å²) in [6.07, 6.45) is 0. The highest BCUT2D eigenvalue weighted by molar-refractivity contribution is 5.92. The van der Waals surface area contributed by atoms with E-state index in [0.29, 0.717) is 16.9 Å². The molecule has 5 nitrogen and oxygen atoms in total. The number of carbonyl (C=O) groups excluding carboxylic acids is 1. The van der Waals surface area contributed by atoms with E-state index in [1.54, 1.807) is 26.0 Å². The van der Waals surface area contributed by atoms with Gasteiger partial charge < -0.3 is 5.32 Å². The van der Waals surface area contributed by atoms with Crippen LogP contribution >= 0.6 is 0 Å². The van der Waals surface area contributed by atoms with Crippen molar-refractivity contribution in [1.29, 1.82) is 0 Å². The Morgan fingerprint density at radius 1 is 1.07 bits per heavy atom. The van der Waals surface area contributed by atoms with Crippen LogP contribution in [0.15, 0.2) is 59.4 Å². The second-order valence-electron chi connectivity index (χ2n) is 6.11. The van der Waals surface area contributed by atoms with E-state index in [1.165, 1.54) is 16.8 Å². The van der Waals surface area contributed by atoms with Crippen molar-refractivity contribution < 1.29 is 13.6 Å². The number of halogens is 2. The first-order valence-corrected chi connectivity index (χ1v) is 8.29. The molecule has 27 heavy (non-hydrogen) atoms. The number of rotatable bonds is 4. The van der Waals surface area contributed by atoms with E-state index in [1.807, 2.05) is 18.2 Å². The quantitative estimate of drug-likeness (QED) is 0.767. The van der Waals surface area contributed by atoms with Crippen molar-refractivity contribution in [1.82, 2.24) is 15.1 Å². The first-order chi connectivity index (χ1) is 12.9. The van der Waals surface area contributed by atoms with Gasteiger partial charge in [0.2, 0.25) is 5.43 Å². The average molecular weight is 369 g/mol. The van der Waals surface area contributed by atoms with Gasteiger partial charge in [0.15, 0.2) is 17.3 Å². The Balaban J connectivity index is 1.90. The van der Waals surface area contributed by atoms with Gasteiger partial charge in [-0.3, -0.25) is 9.59 Å². The minimum Gasteiger partial charge on any atom is -0.344 e. The zero-order chi connectivity index (χ0) is 19.6. The van der Waals surface area contributed by atoms with Crippen LogP contribution in [0.5, 0.6) is 0 Å². The largest absolute Gasteiger partial charge is 0.344 e. The van der Waals surface area contributed by atoms with Crippen molar-refractivity contribution in [3.8, 4) is 5.69 Å². The summed E-state index contributed by atoms with van der Waals surface area (Å²) in [6.45, 7) is 3.32. The number of benzene rings is 2. The van der Waals surface area contributed by atoms with Gasteiger partial charge in [-0.2, -0.15) is 5.10 Å². The molecule has 1 atom stereocenters. The second-order valence-corrected chi connectivity index (χ2v) is 6.11. The predicted octanol–water partition coefficient (Wildman–Crippen LogP) is 3.31. The number of para-hydroxylation sites is 1. The Labute approximate surface area is 154 Å². The molecule has 3 aromatic rings. The van der Waals surface area contributed by atoms with Crippen LogP contribution in [-0.2, 0) is 0 Å². The van der Waals surface area contributed by atoms with Crippen LogP contribution in [0.4, 0.5) is 8.78 Å². The van der Waals surface area contributed by atoms with Crippen LogP contribution in [-0.4, -0.2) is 15.7 Å². The zero-order valence-corrected chi connectivity index (χ0v) is 14.7. The third-order valence-corrected chi connectivity index (χ3v) is 4.11. The van der Waals surface area contributed by atoms with Crippen molar-refractivity contribution in [2.45, 2.75) is 19.9 Å². The zero-order valence-electron chi connectivity index (χ0n) is 14.7. The fraction of sp³-hybridized carbons (Fsp3) is 0.150. The minimum atomic E-state index is -1.01. The van der Waals surface area contributed by atoms with Gasteiger partial charge in [0.05, 0.1) is 11.7 Å². The molecule has 0 aliphatic rings. The standard InChI is InChI=1S/C20H17F2N3O2/c1-12-10-18(26)19(24-25(12)15-6-4-3-5-7-15)20(27)23-13(2)14-8-9-16(21)17(22)11-14/h3-11,13H,1-2H3,(H,23,27). The van der Waals surface area contributed by atoms with E-state index in [0.717, 1.165) is 12.1 Å². The molecule has 0 aliphatic carbocycles. The van der Waals surface area contributed by atoms with E-state index in [4.69, 9.17) is 0 Å². The number of nitrogens with one attached hydrogen (secondary N) is 1. The molecule has 138 valence electrons. The molecule has 0 spiro atoms. The molecular weight excluding hydrogens is 352 g/mol. The highest BCUT2D eigenvalue weighted by Crippen LogP contribution is 2.16. The number of carbonyl (C=O) groups is 1. The smallest absolute Gasteiger partial charge is 0.276 e. The summed E-state index contributed by atoms with van der Waals surface area (Å²) in [4.78, 5) is 24.8.